The molecule has 3 rings (SSSR count). The Morgan fingerprint density at radius 2 is 1.93 bits per heavy atom. The van der Waals surface area contributed by atoms with Crippen molar-refractivity contribution in [1.29, 1.82) is 0 Å². The molecule has 2 heterocycles. The van der Waals surface area contributed by atoms with Crippen LogP contribution >= 0.6 is 0 Å². The molecule has 146 valence electrons. The van der Waals surface area contributed by atoms with Crippen molar-refractivity contribution in [3.63, 3.8) is 0 Å². The van der Waals surface area contributed by atoms with E-state index in [1.165, 1.54) is 28.8 Å². The van der Waals surface area contributed by atoms with Crippen LogP contribution in [0.1, 0.15) is 43.7 Å². The molecule has 7 nitrogen and oxygen atoms in total. The summed E-state index contributed by atoms with van der Waals surface area (Å²) in [7, 11) is -3.62. The maximum atomic E-state index is 12.9. The summed E-state index contributed by atoms with van der Waals surface area (Å²) in [4.78, 5) is 12.5. The van der Waals surface area contributed by atoms with Crippen molar-refractivity contribution in [3.8, 4) is 5.75 Å². The maximum Gasteiger partial charge on any atom is 0.291 e. The Bertz CT molecular complexity index is 885. The number of anilines is 1. The van der Waals surface area contributed by atoms with Gasteiger partial charge in [0.2, 0.25) is 10.0 Å². The third-order valence-electron chi connectivity index (χ3n) is 4.26. The van der Waals surface area contributed by atoms with Crippen LogP contribution in [0.15, 0.2) is 45.9 Å². The second-order valence-corrected chi connectivity index (χ2v) is 8.66. The van der Waals surface area contributed by atoms with Gasteiger partial charge in [0.15, 0.2) is 5.76 Å². The lowest BCUT2D eigenvalue weighted by Gasteiger charge is -2.26. The third kappa shape index (κ3) is 4.51. The van der Waals surface area contributed by atoms with Crippen molar-refractivity contribution in [3.05, 3.63) is 42.4 Å². The molecule has 0 radical (unpaired) electrons. The van der Waals surface area contributed by atoms with Crippen LogP contribution < -0.4 is 10.1 Å². The second-order valence-electron chi connectivity index (χ2n) is 6.72. The van der Waals surface area contributed by atoms with E-state index in [2.05, 4.69) is 5.32 Å². The molecule has 1 fully saturated rings. The van der Waals surface area contributed by atoms with Gasteiger partial charge in [-0.15, -0.1) is 0 Å². The minimum absolute atomic E-state index is 0.131. The molecule has 1 aromatic carbocycles. The molecule has 0 bridgehead atoms. The second kappa shape index (κ2) is 8.14. The van der Waals surface area contributed by atoms with Gasteiger partial charge in [-0.3, -0.25) is 4.79 Å². The minimum Gasteiger partial charge on any atom is -0.489 e. The van der Waals surface area contributed by atoms with Crippen LogP contribution in [-0.4, -0.2) is 37.8 Å². The summed E-state index contributed by atoms with van der Waals surface area (Å²) in [6, 6.07) is 7.69. The summed E-state index contributed by atoms with van der Waals surface area (Å²) in [6.07, 6.45) is 4.02. The number of carbonyl (C=O) groups excluding carboxylic acids is 1. The largest absolute Gasteiger partial charge is 0.489 e. The normalized spacial score (nSPS) is 15.7. The summed E-state index contributed by atoms with van der Waals surface area (Å²) in [5.74, 6) is 0.0680. The number of hydrogen-bond acceptors (Lipinski definition) is 5. The number of hydrogen-bond donors (Lipinski definition) is 1. The first-order chi connectivity index (χ1) is 12.9. The quantitative estimate of drug-likeness (QED) is 0.813. The molecule has 1 saturated heterocycles. The van der Waals surface area contributed by atoms with Gasteiger partial charge in [-0.25, -0.2) is 8.42 Å². The Morgan fingerprint density at radius 3 is 2.56 bits per heavy atom. The zero-order chi connectivity index (χ0) is 19.4. The Balaban J connectivity index is 1.93. The summed E-state index contributed by atoms with van der Waals surface area (Å²) >= 11 is 0. The molecular formula is C19H24N2O5S. The highest BCUT2D eigenvalue weighted by Gasteiger charge is 2.27. The van der Waals surface area contributed by atoms with E-state index in [1.807, 2.05) is 13.8 Å². The van der Waals surface area contributed by atoms with E-state index in [4.69, 9.17) is 9.15 Å². The van der Waals surface area contributed by atoms with Gasteiger partial charge in [-0.2, -0.15) is 4.31 Å². The predicted molar refractivity (Wildman–Crippen MR) is 101 cm³/mol. The number of sulfonamides is 1. The average Bonchev–Trinajstić information content (AvgIpc) is 3.18. The molecule has 2 aromatic rings. The van der Waals surface area contributed by atoms with Crippen molar-refractivity contribution < 1.29 is 22.4 Å². The first-order valence-electron chi connectivity index (χ1n) is 9.03. The average molecular weight is 392 g/mol. The highest BCUT2D eigenvalue weighted by molar-refractivity contribution is 7.89. The lowest BCUT2D eigenvalue weighted by Crippen LogP contribution is -2.35. The summed E-state index contributed by atoms with van der Waals surface area (Å²) < 4.78 is 38.2. The molecule has 1 amide bonds. The standard InChI is InChI=1S/C19H24N2O5S/c1-14(2)26-17-9-8-15(27(23,24)21-10-4-3-5-11-21)13-16(17)20-19(22)18-7-6-12-25-18/h6-9,12-14H,3-5,10-11H2,1-2H3,(H,20,22). The monoisotopic (exact) mass is 392 g/mol. The Kier molecular flexibility index (Phi) is 5.86. The van der Waals surface area contributed by atoms with Gasteiger partial charge in [0.05, 0.1) is 22.9 Å². The van der Waals surface area contributed by atoms with Crippen molar-refractivity contribution >= 4 is 21.6 Å². The lowest BCUT2D eigenvalue weighted by atomic mass is 10.2. The van der Waals surface area contributed by atoms with Crippen molar-refractivity contribution in [2.75, 3.05) is 18.4 Å². The molecule has 1 N–H and O–H groups in total. The molecule has 1 aliphatic rings. The van der Waals surface area contributed by atoms with Crippen LogP contribution in [-0.2, 0) is 10.0 Å². The fourth-order valence-corrected chi connectivity index (χ4v) is 4.51. The van der Waals surface area contributed by atoms with E-state index < -0.39 is 15.9 Å². The first-order valence-corrected chi connectivity index (χ1v) is 10.5. The van der Waals surface area contributed by atoms with Gasteiger partial charge in [0.1, 0.15) is 5.75 Å². The van der Waals surface area contributed by atoms with Crippen LogP contribution in [0.3, 0.4) is 0 Å². The Morgan fingerprint density at radius 1 is 1.19 bits per heavy atom. The first kappa shape index (κ1) is 19.4. The van der Waals surface area contributed by atoms with Gasteiger partial charge in [-0.1, -0.05) is 6.42 Å². The highest BCUT2D eigenvalue weighted by atomic mass is 32.2. The van der Waals surface area contributed by atoms with Crippen molar-refractivity contribution in [2.24, 2.45) is 0 Å². The van der Waals surface area contributed by atoms with Crippen LogP contribution in [0, 0.1) is 0 Å². The molecular weight excluding hydrogens is 368 g/mol. The molecule has 0 saturated carbocycles. The van der Waals surface area contributed by atoms with E-state index in [-0.39, 0.29) is 16.8 Å². The molecule has 8 heteroatoms. The fraction of sp³-hybridized carbons (Fsp3) is 0.421. The molecule has 1 aliphatic heterocycles. The van der Waals surface area contributed by atoms with Crippen LogP contribution in [0.25, 0.3) is 0 Å². The maximum absolute atomic E-state index is 12.9. The zero-order valence-corrected chi connectivity index (χ0v) is 16.3. The number of piperidine rings is 1. The molecule has 27 heavy (non-hydrogen) atoms. The predicted octanol–water partition coefficient (Wildman–Crippen LogP) is 3.49. The van der Waals surface area contributed by atoms with Gasteiger partial charge in [0.25, 0.3) is 5.91 Å². The molecule has 0 atom stereocenters. The summed E-state index contributed by atoms with van der Waals surface area (Å²) in [5.41, 5.74) is 0.295. The number of ether oxygens (including phenoxy) is 1. The molecule has 0 unspecified atom stereocenters. The van der Waals surface area contributed by atoms with Gasteiger partial charge in [0, 0.05) is 13.1 Å². The number of furan rings is 1. The van der Waals surface area contributed by atoms with Crippen LogP contribution in [0.5, 0.6) is 5.75 Å². The van der Waals surface area contributed by atoms with Crippen LogP contribution in [0.2, 0.25) is 0 Å². The van der Waals surface area contributed by atoms with Gasteiger partial charge < -0.3 is 14.5 Å². The summed E-state index contributed by atoms with van der Waals surface area (Å²) in [5, 5.41) is 2.69. The minimum atomic E-state index is -3.62. The Labute approximate surface area is 159 Å². The van der Waals surface area contributed by atoms with Gasteiger partial charge >= 0.3 is 0 Å². The number of nitrogens with one attached hydrogen (secondary N) is 1. The fourth-order valence-electron chi connectivity index (χ4n) is 2.97. The smallest absolute Gasteiger partial charge is 0.291 e. The number of amides is 1. The SMILES string of the molecule is CC(C)Oc1ccc(S(=O)(=O)N2CCCCC2)cc1NC(=O)c1ccco1. The van der Waals surface area contributed by atoms with E-state index >= 15 is 0 Å². The Hall–Kier alpha value is -2.32. The number of benzene rings is 1. The number of nitrogens with zero attached hydrogens (tertiary/aromatic N) is 1. The lowest BCUT2D eigenvalue weighted by molar-refractivity contribution is 0.0995. The molecule has 0 aliphatic carbocycles. The highest BCUT2D eigenvalue weighted by Crippen LogP contribution is 2.31. The van der Waals surface area contributed by atoms with E-state index in [0.29, 0.717) is 24.5 Å². The van der Waals surface area contributed by atoms with E-state index in [1.54, 1.807) is 12.1 Å². The molecule has 1 aromatic heterocycles. The third-order valence-corrected chi connectivity index (χ3v) is 6.15. The van der Waals surface area contributed by atoms with Crippen LogP contribution in [0.4, 0.5) is 5.69 Å². The number of carbonyl (C=O) groups is 1. The molecule has 0 spiro atoms. The zero-order valence-electron chi connectivity index (χ0n) is 15.5. The van der Waals surface area contributed by atoms with Gasteiger partial charge in [-0.05, 0) is 57.0 Å². The number of rotatable bonds is 6. The topological polar surface area (TPSA) is 88.9 Å². The van der Waals surface area contributed by atoms with Crippen molar-refractivity contribution in [2.45, 2.75) is 44.1 Å². The van der Waals surface area contributed by atoms with Crippen molar-refractivity contribution in [1.82, 2.24) is 4.31 Å². The van der Waals surface area contributed by atoms with E-state index in [0.717, 1.165) is 19.3 Å². The van der Waals surface area contributed by atoms with E-state index in [9.17, 15) is 13.2 Å². The summed E-state index contributed by atoms with van der Waals surface area (Å²) in [6.45, 7) is 4.74.